The van der Waals surface area contributed by atoms with E-state index in [1.165, 1.54) is 6.92 Å². The minimum absolute atomic E-state index is 0.0105. The summed E-state index contributed by atoms with van der Waals surface area (Å²) in [5, 5.41) is 0. The molecule has 22 heavy (non-hydrogen) atoms. The lowest BCUT2D eigenvalue weighted by atomic mass is 10.0. The van der Waals surface area contributed by atoms with Crippen LogP contribution in [0.2, 0.25) is 0 Å². The number of amides is 1. The number of Topliss-reactive ketones (excluding diaryl/α,β-unsaturated/α-hetero) is 1. The minimum atomic E-state index is -0.337. The molecule has 4 nitrogen and oxygen atoms in total. The number of cyclic esters (lactones) is 1. The number of ether oxygens (including phenoxy) is 1. The van der Waals surface area contributed by atoms with Crippen molar-refractivity contribution in [2.75, 3.05) is 11.5 Å². The summed E-state index contributed by atoms with van der Waals surface area (Å²) in [6.07, 6.45) is 0.401. The number of hydrogen-bond acceptors (Lipinski definition) is 3. The SMILES string of the molecule is CC(=O)c1ccc(N2C(=O)OC[C@H]2Cc2ccccc2)cc1. The van der Waals surface area contributed by atoms with Gasteiger partial charge in [-0.3, -0.25) is 9.69 Å². The number of carbonyl (C=O) groups is 2. The van der Waals surface area contributed by atoms with E-state index in [2.05, 4.69) is 0 Å². The quantitative estimate of drug-likeness (QED) is 0.812. The third kappa shape index (κ3) is 2.86. The van der Waals surface area contributed by atoms with E-state index in [0.29, 0.717) is 12.2 Å². The second-order valence-corrected chi connectivity index (χ2v) is 5.39. The van der Waals surface area contributed by atoms with Crippen LogP contribution >= 0.6 is 0 Å². The largest absolute Gasteiger partial charge is 0.447 e. The smallest absolute Gasteiger partial charge is 0.414 e. The van der Waals surface area contributed by atoms with Crippen molar-refractivity contribution in [3.63, 3.8) is 0 Å². The molecule has 1 saturated heterocycles. The predicted octanol–water partition coefficient (Wildman–Crippen LogP) is 3.46. The van der Waals surface area contributed by atoms with Crippen LogP contribution in [0.25, 0.3) is 0 Å². The second-order valence-electron chi connectivity index (χ2n) is 5.39. The first-order valence-corrected chi connectivity index (χ1v) is 7.26. The number of ketones is 1. The standard InChI is InChI=1S/C18H17NO3/c1-13(20)15-7-9-16(10-8-15)19-17(12-22-18(19)21)11-14-5-3-2-4-6-14/h2-10,17H,11-12H2,1H3/t17-/m1/s1. The molecule has 0 N–H and O–H groups in total. The average molecular weight is 295 g/mol. The normalized spacial score (nSPS) is 17.4. The van der Waals surface area contributed by atoms with Gasteiger partial charge in [0, 0.05) is 11.3 Å². The summed E-state index contributed by atoms with van der Waals surface area (Å²) in [5.41, 5.74) is 2.56. The molecule has 1 fully saturated rings. The summed E-state index contributed by atoms with van der Waals surface area (Å²) in [6, 6.07) is 17.1. The Labute approximate surface area is 129 Å². The maximum Gasteiger partial charge on any atom is 0.414 e. The number of rotatable bonds is 4. The zero-order valence-corrected chi connectivity index (χ0v) is 12.4. The fourth-order valence-electron chi connectivity index (χ4n) is 2.67. The lowest BCUT2D eigenvalue weighted by Crippen LogP contribution is -2.35. The first kappa shape index (κ1) is 14.3. The summed E-state index contributed by atoms with van der Waals surface area (Å²) in [4.78, 5) is 25.0. The van der Waals surface area contributed by atoms with Crippen molar-refractivity contribution in [1.82, 2.24) is 0 Å². The van der Waals surface area contributed by atoms with Gasteiger partial charge in [-0.25, -0.2) is 4.79 Å². The fraction of sp³-hybridized carbons (Fsp3) is 0.222. The summed E-state index contributed by atoms with van der Waals surface area (Å²) < 4.78 is 5.20. The lowest BCUT2D eigenvalue weighted by molar-refractivity contribution is 0.101. The van der Waals surface area contributed by atoms with Gasteiger partial charge in [0.2, 0.25) is 0 Å². The molecule has 4 heteroatoms. The van der Waals surface area contributed by atoms with E-state index in [9.17, 15) is 9.59 Å². The van der Waals surface area contributed by atoms with Crippen LogP contribution < -0.4 is 4.90 Å². The molecule has 2 aromatic rings. The highest BCUT2D eigenvalue weighted by Gasteiger charge is 2.34. The highest BCUT2D eigenvalue weighted by atomic mass is 16.6. The van der Waals surface area contributed by atoms with Gasteiger partial charge in [-0.15, -0.1) is 0 Å². The first-order chi connectivity index (χ1) is 10.6. The van der Waals surface area contributed by atoms with Gasteiger partial charge in [-0.2, -0.15) is 0 Å². The van der Waals surface area contributed by atoms with Crippen molar-refractivity contribution in [3.05, 3.63) is 65.7 Å². The Morgan fingerprint density at radius 3 is 2.45 bits per heavy atom. The van der Waals surface area contributed by atoms with E-state index in [1.807, 2.05) is 30.3 Å². The third-order valence-electron chi connectivity index (χ3n) is 3.83. The Balaban J connectivity index is 1.83. The number of carbonyl (C=O) groups excluding carboxylic acids is 2. The van der Waals surface area contributed by atoms with Gasteiger partial charge in [0.05, 0.1) is 6.04 Å². The van der Waals surface area contributed by atoms with E-state index in [4.69, 9.17) is 4.74 Å². The molecular weight excluding hydrogens is 278 g/mol. The molecule has 1 amide bonds. The molecule has 1 aliphatic heterocycles. The molecule has 0 saturated carbocycles. The van der Waals surface area contributed by atoms with Crippen LogP contribution in [0, 0.1) is 0 Å². The van der Waals surface area contributed by atoms with E-state index < -0.39 is 0 Å². The van der Waals surface area contributed by atoms with Gasteiger partial charge in [-0.1, -0.05) is 30.3 Å². The molecule has 0 bridgehead atoms. The Morgan fingerprint density at radius 1 is 1.14 bits per heavy atom. The van der Waals surface area contributed by atoms with E-state index in [0.717, 1.165) is 17.7 Å². The Hall–Kier alpha value is -2.62. The van der Waals surface area contributed by atoms with Gasteiger partial charge in [0.1, 0.15) is 6.61 Å². The van der Waals surface area contributed by atoms with Crippen molar-refractivity contribution >= 4 is 17.6 Å². The van der Waals surface area contributed by atoms with Crippen molar-refractivity contribution < 1.29 is 14.3 Å². The van der Waals surface area contributed by atoms with E-state index >= 15 is 0 Å². The lowest BCUT2D eigenvalue weighted by Gasteiger charge is -2.21. The van der Waals surface area contributed by atoms with Crippen molar-refractivity contribution in [2.45, 2.75) is 19.4 Å². The maximum atomic E-state index is 12.0. The number of anilines is 1. The summed E-state index contributed by atoms with van der Waals surface area (Å²) in [7, 11) is 0. The number of hydrogen-bond donors (Lipinski definition) is 0. The Bertz CT molecular complexity index is 679. The van der Waals surface area contributed by atoms with Crippen molar-refractivity contribution in [2.24, 2.45) is 0 Å². The van der Waals surface area contributed by atoms with Crippen LogP contribution in [-0.4, -0.2) is 24.5 Å². The van der Waals surface area contributed by atoms with Crippen LogP contribution in [0.1, 0.15) is 22.8 Å². The predicted molar refractivity (Wildman–Crippen MR) is 84.2 cm³/mol. The average Bonchev–Trinajstić information content (AvgIpc) is 2.89. The van der Waals surface area contributed by atoms with Crippen LogP contribution in [0.15, 0.2) is 54.6 Å². The molecule has 112 valence electrons. The molecule has 2 aromatic carbocycles. The molecule has 0 radical (unpaired) electrons. The molecule has 1 atom stereocenters. The zero-order valence-electron chi connectivity index (χ0n) is 12.4. The first-order valence-electron chi connectivity index (χ1n) is 7.26. The summed E-state index contributed by atoms with van der Waals surface area (Å²) >= 11 is 0. The number of nitrogens with zero attached hydrogens (tertiary/aromatic N) is 1. The number of benzene rings is 2. The van der Waals surface area contributed by atoms with Gasteiger partial charge < -0.3 is 4.74 Å². The van der Waals surface area contributed by atoms with Gasteiger partial charge >= 0.3 is 6.09 Å². The zero-order chi connectivity index (χ0) is 15.5. The maximum absolute atomic E-state index is 12.0. The van der Waals surface area contributed by atoms with Crippen molar-refractivity contribution in [1.29, 1.82) is 0 Å². The van der Waals surface area contributed by atoms with Crippen LogP contribution in [0.3, 0.4) is 0 Å². The monoisotopic (exact) mass is 295 g/mol. The third-order valence-corrected chi connectivity index (χ3v) is 3.83. The highest BCUT2D eigenvalue weighted by molar-refractivity contribution is 5.95. The van der Waals surface area contributed by atoms with Crippen molar-refractivity contribution in [3.8, 4) is 0 Å². The van der Waals surface area contributed by atoms with Crippen LogP contribution in [-0.2, 0) is 11.2 Å². The Morgan fingerprint density at radius 2 is 1.82 bits per heavy atom. The molecule has 0 aromatic heterocycles. The van der Waals surface area contributed by atoms with Gasteiger partial charge in [0.25, 0.3) is 0 Å². The van der Waals surface area contributed by atoms with Crippen LogP contribution in [0.5, 0.6) is 0 Å². The van der Waals surface area contributed by atoms with E-state index in [-0.39, 0.29) is 17.9 Å². The minimum Gasteiger partial charge on any atom is -0.447 e. The second kappa shape index (κ2) is 6.02. The molecule has 3 rings (SSSR count). The molecule has 1 aliphatic rings. The summed E-state index contributed by atoms with van der Waals surface area (Å²) in [6.45, 7) is 1.90. The molecular formula is C18H17NO3. The molecule has 0 spiro atoms. The molecule has 0 unspecified atom stereocenters. The van der Waals surface area contributed by atoms with Crippen LogP contribution in [0.4, 0.5) is 10.5 Å². The van der Waals surface area contributed by atoms with Gasteiger partial charge in [0.15, 0.2) is 5.78 Å². The Kier molecular flexibility index (Phi) is 3.92. The molecule has 1 heterocycles. The topological polar surface area (TPSA) is 46.6 Å². The molecule has 0 aliphatic carbocycles. The fourth-order valence-corrected chi connectivity index (χ4v) is 2.67. The highest BCUT2D eigenvalue weighted by Crippen LogP contribution is 2.25. The van der Waals surface area contributed by atoms with Gasteiger partial charge in [-0.05, 0) is 43.2 Å². The van der Waals surface area contributed by atoms with E-state index in [1.54, 1.807) is 29.2 Å². The summed E-state index contributed by atoms with van der Waals surface area (Å²) in [5.74, 6) is 0.0105.